The van der Waals surface area contributed by atoms with Crippen LogP contribution in [0, 0.1) is 6.92 Å². The van der Waals surface area contributed by atoms with Gasteiger partial charge < -0.3 is 14.4 Å². The summed E-state index contributed by atoms with van der Waals surface area (Å²) in [6.07, 6.45) is 1.70. The number of aromatic nitrogens is 2. The quantitative estimate of drug-likeness (QED) is 0.393. The van der Waals surface area contributed by atoms with E-state index >= 15 is 0 Å². The molecule has 4 rings (SSSR count). The predicted octanol–water partition coefficient (Wildman–Crippen LogP) is 6.10. The number of carbonyl (C=O) groups is 1. The van der Waals surface area contributed by atoms with Crippen LogP contribution in [0.4, 0.5) is 0 Å². The van der Waals surface area contributed by atoms with Gasteiger partial charge in [0.25, 0.3) is 0 Å². The van der Waals surface area contributed by atoms with E-state index in [4.69, 9.17) is 27.9 Å². The Hall–Kier alpha value is -3.02. The molecule has 1 N–H and O–H groups in total. The summed E-state index contributed by atoms with van der Waals surface area (Å²) in [5.41, 5.74) is 3.78. The molecule has 0 amide bonds. The molecule has 2 aromatic carbocycles. The molecule has 0 aliphatic carbocycles. The van der Waals surface area contributed by atoms with E-state index in [0.717, 1.165) is 27.7 Å². The Kier molecular flexibility index (Phi) is 5.66. The van der Waals surface area contributed by atoms with E-state index in [2.05, 4.69) is 4.98 Å². The fourth-order valence-corrected chi connectivity index (χ4v) is 3.74. The smallest absolute Gasteiger partial charge is 0.352 e. The second kappa shape index (κ2) is 8.38. The molecular weight excluding hydrogens is 423 g/mol. The van der Waals surface area contributed by atoms with Gasteiger partial charge in [0, 0.05) is 23.2 Å². The van der Waals surface area contributed by atoms with Crippen molar-refractivity contribution in [3.8, 4) is 17.0 Å². The molecule has 152 valence electrons. The van der Waals surface area contributed by atoms with Gasteiger partial charge in [-0.1, -0.05) is 47.0 Å². The van der Waals surface area contributed by atoms with Crippen LogP contribution in [0.3, 0.4) is 0 Å². The van der Waals surface area contributed by atoms with Crippen molar-refractivity contribution in [3.05, 3.63) is 82.1 Å². The summed E-state index contributed by atoms with van der Waals surface area (Å²) >= 11 is 12.0. The molecule has 0 bridgehead atoms. The highest BCUT2D eigenvalue weighted by Gasteiger charge is 2.18. The Morgan fingerprint density at radius 2 is 1.93 bits per heavy atom. The SMILES string of the molecule is Cc1cccc(-c2nccc3c2cc(C(=O)O)n3CCOc2ccc(Cl)c(Cl)c2)c1. The van der Waals surface area contributed by atoms with Crippen LogP contribution < -0.4 is 4.74 Å². The molecule has 0 unspecified atom stereocenters. The third-order valence-electron chi connectivity index (χ3n) is 4.82. The molecule has 0 fully saturated rings. The summed E-state index contributed by atoms with van der Waals surface area (Å²) in [5.74, 6) is -0.434. The molecule has 2 aromatic heterocycles. The summed E-state index contributed by atoms with van der Waals surface area (Å²) < 4.78 is 7.49. The number of fused-ring (bicyclic) bond motifs is 1. The number of ether oxygens (including phenoxy) is 1. The number of benzene rings is 2. The Bertz CT molecular complexity index is 1250. The number of hydrogen-bond acceptors (Lipinski definition) is 3. The fraction of sp³-hybridized carbons (Fsp3) is 0.130. The lowest BCUT2D eigenvalue weighted by Crippen LogP contribution is -2.13. The summed E-state index contributed by atoms with van der Waals surface area (Å²) in [6, 6.07) is 16.5. The van der Waals surface area contributed by atoms with Gasteiger partial charge in [-0.15, -0.1) is 0 Å². The van der Waals surface area contributed by atoms with Crippen LogP contribution in [-0.4, -0.2) is 27.2 Å². The minimum absolute atomic E-state index is 0.185. The Labute approximate surface area is 183 Å². The van der Waals surface area contributed by atoms with E-state index in [9.17, 15) is 9.90 Å². The molecule has 0 saturated heterocycles. The average molecular weight is 441 g/mol. The number of carboxylic acid groups (broad SMARTS) is 1. The number of halogens is 2. The number of rotatable bonds is 6. The van der Waals surface area contributed by atoms with E-state index in [-0.39, 0.29) is 12.3 Å². The van der Waals surface area contributed by atoms with Gasteiger partial charge in [0.1, 0.15) is 18.1 Å². The van der Waals surface area contributed by atoms with E-state index < -0.39 is 5.97 Å². The second-order valence-corrected chi connectivity index (χ2v) is 7.69. The van der Waals surface area contributed by atoms with Crippen molar-refractivity contribution >= 4 is 40.1 Å². The summed E-state index contributed by atoms with van der Waals surface area (Å²) in [6.45, 7) is 2.63. The largest absolute Gasteiger partial charge is 0.492 e. The van der Waals surface area contributed by atoms with Crippen molar-refractivity contribution in [3.63, 3.8) is 0 Å². The third-order valence-corrected chi connectivity index (χ3v) is 5.55. The van der Waals surface area contributed by atoms with Crippen LogP contribution in [0.15, 0.2) is 60.8 Å². The maximum Gasteiger partial charge on any atom is 0.352 e. The lowest BCUT2D eigenvalue weighted by Gasteiger charge is -2.11. The van der Waals surface area contributed by atoms with Gasteiger partial charge in [-0.2, -0.15) is 0 Å². The number of carboxylic acids is 1. The minimum Gasteiger partial charge on any atom is -0.492 e. The van der Waals surface area contributed by atoms with Crippen LogP contribution in [0.25, 0.3) is 22.2 Å². The predicted molar refractivity (Wildman–Crippen MR) is 119 cm³/mol. The monoisotopic (exact) mass is 440 g/mol. The number of hydrogen-bond donors (Lipinski definition) is 1. The van der Waals surface area contributed by atoms with E-state index in [1.807, 2.05) is 37.3 Å². The first-order valence-corrected chi connectivity index (χ1v) is 10.1. The molecule has 0 radical (unpaired) electrons. The highest BCUT2D eigenvalue weighted by atomic mass is 35.5. The fourth-order valence-electron chi connectivity index (χ4n) is 3.45. The normalized spacial score (nSPS) is 11.0. The van der Waals surface area contributed by atoms with E-state index in [1.165, 1.54) is 0 Å². The van der Waals surface area contributed by atoms with Crippen molar-refractivity contribution in [2.45, 2.75) is 13.5 Å². The molecule has 7 heteroatoms. The average Bonchev–Trinajstić information content (AvgIpc) is 3.10. The van der Waals surface area contributed by atoms with Crippen molar-refractivity contribution in [2.24, 2.45) is 0 Å². The molecular formula is C23H18Cl2N2O3. The molecule has 0 aliphatic heterocycles. The third kappa shape index (κ3) is 3.99. The highest BCUT2D eigenvalue weighted by Crippen LogP contribution is 2.30. The Morgan fingerprint density at radius 1 is 1.10 bits per heavy atom. The lowest BCUT2D eigenvalue weighted by atomic mass is 10.1. The number of pyridine rings is 1. The molecule has 4 aromatic rings. The van der Waals surface area contributed by atoms with Gasteiger partial charge in [-0.05, 0) is 37.3 Å². The zero-order chi connectivity index (χ0) is 21.3. The molecule has 0 aliphatic rings. The first kappa shape index (κ1) is 20.3. The highest BCUT2D eigenvalue weighted by molar-refractivity contribution is 6.42. The van der Waals surface area contributed by atoms with Crippen molar-refractivity contribution in [2.75, 3.05) is 6.61 Å². The van der Waals surface area contributed by atoms with Crippen molar-refractivity contribution in [1.82, 2.24) is 9.55 Å². The van der Waals surface area contributed by atoms with Gasteiger partial charge >= 0.3 is 5.97 Å². The number of aryl methyl sites for hydroxylation is 1. The molecule has 5 nitrogen and oxygen atoms in total. The lowest BCUT2D eigenvalue weighted by molar-refractivity contribution is 0.0684. The molecule has 2 heterocycles. The van der Waals surface area contributed by atoms with Gasteiger partial charge in [0.2, 0.25) is 0 Å². The molecule has 0 saturated carbocycles. The first-order valence-electron chi connectivity index (χ1n) is 9.30. The maximum atomic E-state index is 11.9. The van der Waals surface area contributed by atoms with Crippen LogP contribution >= 0.6 is 23.2 Å². The molecule has 0 atom stereocenters. The minimum atomic E-state index is -1.00. The van der Waals surface area contributed by atoms with Crippen molar-refractivity contribution < 1.29 is 14.6 Å². The standard InChI is InChI=1S/C23H18Cl2N2O3/c1-14-3-2-4-15(11-14)22-17-13-21(23(28)29)27(20(17)7-8-26-22)9-10-30-16-5-6-18(24)19(25)12-16/h2-8,11-13H,9-10H2,1H3,(H,28,29). The van der Waals surface area contributed by atoms with Crippen LogP contribution in [-0.2, 0) is 6.54 Å². The van der Waals surface area contributed by atoms with E-state index in [0.29, 0.717) is 22.3 Å². The first-order chi connectivity index (χ1) is 14.4. The maximum absolute atomic E-state index is 11.9. The summed E-state index contributed by atoms with van der Waals surface area (Å²) in [4.78, 5) is 16.4. The summed E-state index contributed by atoms with van der Waals surface area (Å²) in [5, 5.41) is 11.4. The molecule has 0 spiro atoms. The van der Waals surface area contributed by atoms with Gasteiger partial charge in [-0.3, -0.25) is 4.98 Å². The topological polar surface area (TPSA) is 64.3 Å². The van der Waals surface area contributed by atoms with E-state index in [1.54, 1.807) is 35.0 Å². The van der Waals surface area contributed by atoms with Gasteiger partial charge in [0.05, 0.1) is 27.8 Å². The van der Waals surface area contributed by atoms with Gasteiger partial charge in [0.15, 0.2) is 0 Å². The summed E-state index contributed by atoms with van der Waals surface area (Å²) in [7, 11) is 0. The van der Waals surface area contributed by atoms with Crippen LogP contribution in [0.1, 0.15) is 16.1 Å². The molecule has 30 heavy (non-hydrogen) atoms. The number of aromatic carboxylic acids is 1. The van der Waals surface area contributed by atoms with Crippen molar-refractivity contribution in [1.29, 1.82) is 0 Å². The number of nitrogens with zero attached hydrogens (tertiary/aromatic N) is 2. The zero-order valence-corrected chi connectivity index (χ0v) is 17.6. The Balaban J connectivity index is 1.68. The van der Waals surface area contributed by atoms with Crippen LogP contribution in [0.5, 0.6) is 5.75 Å². The van der Waals surface area contributed by atoms with Gasteiger partial charge in [-0.25, -0.2) is 4.79 Å². The van der Waals surface area contributed by atoms with Crippen LogP contribution in [0.2, 0.25) is 10.0 Å². The Morgan fingerprint density at radius 3 is 2.67 bits per heavy atom. The second-order valence-electron chi connectivity index (χ2n) is 6.87. The zero-order valence-electron chi connectivity index (χ0n) is 16.1.